The lowest BCUT2D eigenvalue weighted by Crippen LogP contribution is -2.29. The number of hydrogen-bond acceptors (Lipinski definition) is 6. The van der Waals surface area contributed by atoms with Crippen molar-refractivity contribution in [3.63, 3.8) is 0 Å². The van der Waals surface area contributed by atoms with Crippen LogP contribution in [-0.2, 0) is 11.8 Å². The Morgan fingerprint density at radius 3 is 2.03 bits per heavy atom. The fraction of sp³-hybridized carbons (Fsp3) is 0.444. The van der Waals surface area contributed by atoms with Crippen molar-refractivity contribution >= 4 is 0 Å². The normalized spacial score (nSPS) is 13.1. The zero-order valence-corrected chi connectivity index (χ0v) is 20.8. The van der Waals surface area contributed by atoms with Crippen LogP contribution < -0.4 is 18.9 Å². The molecule has 0 aliphatic carbocycles. The molecule has 0 spiro atoms. The van der Waals surface area contributed by atoms with E-state index < -0.39 is 5.41 Å². The summed E-state index contributed by atoms with van der Waals surface area (Å²) in [6, 6.07) is 14.2. The van der Waals surface area contributed by atoms with E-state index in [9.17, 15) is 5.26 Å². The summed E-state index contributed by atoms with van der Waals surface area (Å²) >= 11 is 0. The number of ether oxygens (including phenoxy) is 4. The van der Waals surface area contributed by atoms with Crippen LogP contribution in [0, 0.1) is 17.2 Å². The van der Waals surface area contributed by atoms with E-state index in [2.05, 4.69) is 44.0 Å². The van der Waals surface area contributed by atoms with Crippen LogP contribution in [0.15, 0.2) is 48.6 Å². The predicted molar refractivity (Wildman–Crippen MR) is 132 cm³/mol. The summed E-state index contributed by atoms with van der Waals surface area (Å²) in [5.41, 5.74) is 1.31. The average molecular weight is 453 g/mol. The summed E-state index contributed by atoms with van der Waals surface area (Å²) in [5, 5.41) is 10.2. The smallest absolute Gasteiger partial charge is 0.161 e. The van der Waals surface area contributed by atoms with Gasteiger partial charge in [-0.05, 0) is 54.8 Å². The van der Waals surface area contributed by atoms with Gasteiger partial charge in [-0.1, -0.05) is 38.1 Å². The summed E-state index contributed by atoms with van der Waals surface area (Å²) in [5.74, 6) is 2.82. The Bertz CT molecular complexity index is 981. The van der Waals surface area contributed by atoms with Gasteiger partial charge in [0, 0.05) is 13.1 Å². The molecule has 0 saturated carbocycles. The monoisotopic (exact) mass is 452 g/mol. The molecule has 2 rings (SSSR count). The molecule has 0 aromatic heterocycles. The van der Waals surface area contributed by atoms with Crippen molar-refractivity contribution in [2.45, 2.75) is 25.7 Å². The van der Waals surface area contributed by atoms with E-state index in [1.54, 1.807) is 28.4 Å². The molecule has 0 radical (unpaired) electrons. The third-order valence-electron chi connectivity index (χ3n) is 5.98. The fourth-order valence-electron chi connectivity index (χ4n) is 3.81. The third kappa shape index (κ3) is 6.21. The molecule has 1 atom stereocenters. The number of methoxy groups -OCH3 is 4. The number of allylic oxidation sites excluding steroid dienone is 1. The maximum absolute atomic E-state index is 10.2. The van der Waals surface area contributed by atoms with Crippen LogP contribution in [0.5, 0.6) is 23.0 Å². The second kappa shape index (κ2) is 12.2. The fourth-order valence-corrected chi connectivity index (χ4v) is 3.81. The Hall–Kier alpha value is -3.17. The van der Waals surface area contributed by atoms with Gasteiger partial charge in [0.05, 0.1) is 34.5 Å². The van der Waals surface area contributed by atoms with Crippen molar-refractivity contribution in [1.82, 2.24) is 4.90 Å². The van der Waals surface area contributed by atoms with Crippen molar-refractivity contribution in [3.05, 3.63) is 59.7 Å². The average Bonchev–Trinajstić information content (AvgIpc) is 2.84. The molecule has 1 unspecified atom stereocenters. The molecule has 0 amide bonds. The van der Waals surface area contributed by atoms with Gasteiger partial charge < -0.3 is 23.8 Å². The molecule has 0 saturated heterocycles. The highest BCUT2D eigenvalue weighted by Gasteiger charge is 2.34. The Morgan fingerprint density at radius 2 is 1.48 bits per heavy atom. The van der Waals surface area contributed by atoms with E-state index in [0.29, 0.717) is 11.5 Å². The second-order valence-corrected chi connectivity index (χ2v) is 8.31. The molecule has 6 heteroatoms. The zero-order valence-electron chi connectivity index (χ0n) is 20.8. The van der Waals surface area contributed by atoms with Gasteiger partial charge in [-0.2, -0.15) is 5.26 Å². The predicted octanol–water partition coefficient (Wildman–Crippen LogP) is 4.87. The molecular weight excluding hydrogens is 416 g/mol. The molecule has 178 valence electrons. The first-order chi connectivity index (χ1) is 15.8. The molecule has 6 nitrogen and oxygen atoms in total. The topological polar surface area (TPSA) is 64.0 Å². The van der Waals surface area contributed by atoms with Gasteiger partial charge >= 0.3 is 0 Å². The number of hydrogen-bond donors (Lipinski definition) is 0. The Balaban J connectivity index is 2.12. The number of benzene rings is 2. The van der Waals surface area contributed by atoms with Crippen molar-refractivity contribution < 1.29 is 18.9 Å². The highest BCUT2D eigenvalue weighted by atomic mass is 16.5. The SMILES string of the molecule is COc1ccc(CCN(C)C/C=C/C(C#N)(c2ccc(OC)c(OC)c2)C(C)C)cc1OC. The molecule has 0 aliphatic heterocycles. The summed E-state index contributed by atoms with van der Waals surface area (Å²) in [7, 11) is 8.57. The summed E-state index contributed by atoms with van der Waals surface area (Å²) < 4.78 is 21.5. The van der Waals surface area contributed by atoms with Crippen LogP contribution in [-0.4, -0.2) is 53.5 Å². The molecule has 33 heavy (non-hydrogen) atoms. The van der Waals surface area contributed by atoms with Crippen LogP contribution in [0.1, 0.15) is 25.0 Å². The molecule has 0 aliphatic rings. The Labute approximate surface area is 198 Å². The molecule has 0 heterocycles. The standard InChI is InChI=1S/C27H36N2O4/c1-20(2)27(19-28,22-10-12-24(31-5)26(18-22)33-7)14-8-15-29(3)16-13-21-9-11-23(30-4)25(17-21)32-6/h8-12,14,17-18,20H,13,15-16H2,1-7H3/b14-8+. The first-order valence-electron chi connectivity index (χ1n) is 11.1. The highest BCUT2D eigenvalue weighted by Crippen LogP contribution is 2.38. The maximum Gasteiger partial charge on any atom is 0.161 e. The van der Waals surface area contributed by atoms with Crippen LogP contribution in [0.4, 0.5) is 0 Å². The molecule has 0 N–H and O–H groups in total. The van der Waals surface area contributed by atoms with E-state index in [-0.39, 0.29) is 5.92 Å². The van der Waals surface area contributed by atoms with Crippen molar-refractivity contribution in [3.8, 4) is 29.1 Å². The van der Waals surface area contributed by atoms with Crippen molar-refractivity contribution in [1.29, 1.82) is 5.26 Å². The van der Waals surface area contributed by atoms with Crippen LogP contribution >= 0.6 is 0 Å². The quantitative estimate of drug-likeness (QED) is 0.428. The molecule has 2 aromatic rings. The van der Waals surface area contributed by atoms with Crippen molar-refractivity contribution in [2.24, 2.45) is 5.92 Å². The van der Waals surface area contributed by atoms with Crippen molar-refractivity contribution in [2.75, 3.05) is 48.6 Å². The first kappa shape index (κ1) is 26.1. The lowest BCUT2D eigenvalue weighted by Gasteiger charge is -2.29. The lowest BCUT2D eigenvalue weighted by molar-refractivity contribution is 0.352. The minimum Gasteiger partial charge on any atom is -0.493 e. The van der Waals surface area contributed by atoms with E-state index >= 15 is 0 Å². The minimum atomic E-state index is -0.760. The maximum atomic E-state index is 10.2. The van der Waals surface area contributed by atoms with E-state index in [0.717, 1.165) is 36.6 Å². The summed E-state index contributed by atoms with van der Waals surface area (Å²) in [6.45, 7) is 5.73. The van der Waals surface area contributed by atoms with Gasteiger partial charge in [0.2, 0.25) is 0 Å². The van der Waals surface area contributed by atoms with Gasteiger partial charge in [0.25, 0.3) is 0 Å². The lowest BCUT2D eigenvalue weighted by atomic mass is 9.72. The third-order valence-corrected chi connectivity index (χ3v) is 5.98. The Morgan fingerprint density at radius 1 is 0.909 bits per heavy atom. The molecule has 0 bridgehead atoms. The van der Waals surface area contributed by atoms with E-state index in [1.807, 2.05) is 36.4 Å². The Kier molecular flexibility index (Phi) is 9.62. The zero-order chi connectivity index (χ0) is 24.4. The summed E-state index contributed by atoms with van der Waals surface area (Å²) in [6.07, 6.45) is 4.98. The molecule has 2 aromatic carbocycles. The molecular formula is C27H36N2O4. The first-order valence-corrected chi connectivity index (χ1v) is 11.1. The number of nitrogens with zero attached hydrogens (tertiary/aromatic N) is 2. The highest BCUT2D eigenvalue weighted by molar-refractivity contribution is 5.49. The van der Waals surface area contributed by atoms with Gasteiger partial charge in [0.1, 0.15) is 5.41 Å². The van der Waals surface area contributed by atoms with Gasteiger partial charge in [-0.25, -0.2) is 0 Å². The minimum absolute atomic E-state index is 0.0777. The number of nitriles is 1. The van der Waals surface area contributed by atoms with E-state index in [1.165, 1.54) is 5.56 Å². The van der Waals surface area contributed by atoms with Crippen LogP contribution in [0.2, 0.25) is 0 Å². The van der Waals surface area contributed by atoms with Gasteiger partial charge in [0.15, 0.2) is 23.0 Å². The van der Waals surface area contributed by atoms with Crippen LogP contribution in [0.3, 0.4) is 0 Å². The van der Waals surface area contributed by atoms with Crippen LogP contribution in [0.25, 0.3) is 0 Å². The largest absolute Gasteiger partial charge is 0.493 e. The second-order valence-electron chi connectivity index (χ2n) is 8.31. The molecule has 0 fully saturated rings. The number of likely N-dealkylation sites (N-methyl/N-ethyl adjacent to an activating group) is 1. The number of rotatable bonds is 12. The van der Waals surface area contributed by atoms with Gasteiger partial charge in [-0.15, -0.1) is 0 Å². The van der Waals surface area contributed by atoms with Gasteiger partial charge in [-0.3, -0.25) is 0 Å². The van der Waals surface area contributed by atoms with E-state index in [4.69, 9.17) is 18.9 Å². The summed E-state index contributed by atoms with van der Waals surface area (Å²) in [4.78, 5) is 2.23.